The zero-order chi connectivity index (χ0) is 18.5. The van der Waals surface area contributed by atoms with E-state index in [4.69, 9.17) is 4.74 Å². The molecule has 26 heavy (non-hydrogen) atoms. The minimum atomic E-state index is -0.294. The van der Waals surface area contributed by atoms with Crippen molar-refractivity contribution in [2.75, 3.05) is 6.61 Å². The average Bonchev–Trinajstić information content (AvgIpc) is 3.06. The Bertz CT molecular complexity index is 922. The molecule has 0 aliphatic carbocycles. The number of benzene rings is 2. The Balaban J connectivity index is 1.96. The third-order valence-electron chi connectivity index (χ3n) is 4.70. The third-order valence-corrected chi connectivity index (χ3v) is 4.70. The van der Waals surface area contributed by atoms with Gasteiger partial charge in [-0.15, -0.1) is 0 Å². The van der Waals surface area contributed by atoms with Gasteiger partial charge in [0.2, 0.25) is 0 Å². The van der Waals surface area contributed by atoms with Crippen LogP contribution < -0.4 is 0 Å². The fraction of sp³-hybridized carbons (Fsp3) is 0.261. The lowest BCUT2D eigenvalue weighted by atomic mass is 10.0. The highest BCUT2D eigenvalue weighted by Crippen LogP contribution is 2.29. The summed E-state index contributed by atoms with van der Waals surface area (Å²) >= 11 is 0. The van der Waals surface area contributed by atoms with E-state index in [1.54, 1.807) is 6.08 Å². The van der Waals surface area contributed by atoms with Crippen molar-refractivity contribution >= 4 is 22.4 Å². The molecule has 0 amide bonds. The molecule has 0 fully saturated rings. The maximum absolute atomic E-state index is 11.7. The van der Waals surface area contributed by atoms with Crippen molar-refractivity contribution in [2.24, 2.45) is 0 Å². The minimum Gasteiger partial charge on any atom is -0.463 e. The number of aromatic nitrogens is 1. The lowest BCUT2D eigenvalue weighted by Crippen LogP contribution is -2.08. The fourth-order valence-electron chi connectivity index (χ4n) is 3.39. The van der Waals surface area contributed by atoms with Gasteiger partial charge in [0.05, 0.1) is 12.6 Å². The number of allylic oxidation sites excluding steroid dienone is 1. The smallest absolute Gasteiger partial charge is 0.331 e. The molecule has 1 unspecified atom stereocenters. The van der Waals surface area contributed by atoms with Crippen molar-refractivity contribution in [1.82, 2.24) is 4.57 Å². The SMILES string of the molecule is CCOC(=O)/C=C(\C)c1ccc2c(ccn2C(CC)c2ccccc2)c1. The van der Waals surface area contributed by atoms with Crippen LogP contribution in [-0.4, -0.2) is 17.1 Å². The molecule has 0 spiro atoms. The number of carbonyl (C=O) groups excluding carboxylic acids is 1. The van der Waals surface area contributed by atoms with Crippen LogP contribution in [0.25, 0.3) is 16.5 Å². The molecule has 2 aromatic carbocycles. The Kier molecular flexibility index (Phi) is 5.57. The second kappa shape index (κ2) is 8.05. The Morgan fingerprint density at radius 3 is 2.58 bits per heavy atom. The molecule has 3 aromatic rings. The number of fused-ring (bicyclic) bond motifs is 1. The fourth-order valence-corrected chi connectivity index (χ4v) is 3.39. The molecular formula is C23H25NO2. The van der Waals surface area contributed by atoms with E-state index < -0.39 is 0 Å². The largest absolute Gasteiger partial charge is 0.463 e. The highest BCUT2D eigenvalue weighted by molar-refractivity contribution is 5.93. The van der Waals surface area contributed by atoms with Gasteiger partial charge in [-0.05, 0) is 55.2 Å². The summed E-state index contributed by atoms with van der Waals surface area (Å²) in [6.45, 7) is 6.35. The second-order valence-corrected chi connectivity index (χ2v) is 6.41. The molecule has 0 radical (unpaired) electrons. The van der Waals surface area contributed by atoms with Crippen LogP contribution in [0.15, 0.2) is 66.9 Å². The summed E-state index contributed by atoms with van der Waals surface area (Å²) in [6, 6.07) is 19.4. The van der Waals surface area contributed by atoms with Gasteiger partial charge >= 0.3 is 5.97 Å². The van der Waals surface area contributed by atoms with Crippen LogP contribution in [0.3, 0.4) is 0 Å². The predicted octanol–water partition coefficient (Wildman–Crippen LogP) is 5.61. The summed E-state index contributed by atoms with van der Waals surface area (Å²) in [4.78, 5) is 11.7. The van der Waals surface area contributed by atoms with E-state index in [1.165, 1.54) is 16.5 Å². The monoisotopic (exact) mass is 347 g/mol. The van der Waals surface area contributed by atoms with Gasteiger partial charge in [0.25, 0.3) is 0 Å². The molecule has 3 heteroatoms. The molecule has 1 heterocycles. The number of carbonyl (C=O) groups is 1. The van der Waals surface area contributed by atoms with Crippen molar-refractivity contribution in [3.8, 4) is 0 Å². The van der Waals surface area contributed by atoms with Crippen molar-refractivity contribution in [3.63, 3.8) is 0 Å². The van der Waals surface area contributed by atoms with Crippen molar-refractivity contribution < 1.29 is 9.53 Å². The molecule has 0 aliphatic heterocycles. The van der Waals surface area contributed by atoms with Crippen LogP contribution in [0.2, 0.25) is 0 Å². The first-order chi connectivity index (χ1) is 12.6. The first-order valence-electron chi connectivity index (χ1n) is 9.15. The van der Waals surface area contributed by atoms with E-state index in [1.807, 2.05) is 13.8 Å². The van der Waals surface area contributed by atoms with Crippen LogP contribution in [0, 0.1) is 0 Å². The molecule has 0 bridgehead atoms. The first-order valence-corrected chi connectivity index (χ1v) is 9.15. The number of hydrogen-bond donors (Lipinski definition) is 0. The van der Waals surface area contributed by atoms with E-state index in [0.717, 1.165) is 17.6 Å². The van der Waals surface area contributed by atoms with Crippen molar-refractivity contribution in [1.29, 1.82) is 0 Å². The standard InChI is InChI=1S/C23H25NO2/c1-4-21(18-9-7-6-8-10-18)24-14-13-20-16-19(11-12-22(20)24)17(3)15-23(25)26-5-2/h6-16,21H,4-5H2,1-3H3/b17-15+. The van der Waals surface area contributed by atoms with Crippen LogP contribution >= 0.6 is 0 Å². The molecule has 0 N–H and O–H groups in total. The highest BCUT2D eigenvalue weighted by atomic mass is 16.5. The predicted molar refractivity (Wildman–Crippen MR) is 107 cm³/mol. The average molecular weight is 347 g/mol. The number of ether oxygens (including phenoxy) is 1. The van der Waals surface area contributed by atoms with Gasteiger partial charge in [-0.3, -0.25) is 0 Å². The topological polar surface area (TPSA) is 31.2 Å². The van der Waals surface area contributed by atoms with Gasteiger partial charge in [-0.25, -0.2) is 4.79 Å². The number of esters is 1. The summed E-state index contributed by atoms with van der Waals surface area (Å²) in [5.41, 5.74) is 4.47. The molecular weight excluding hydrogens is 322 g/mol. The van der Waals surface area contributed by atoms with Gasteiger partial charge in [0.15, 0.2) is 0 Å². The lowest BCUT2D eigenvalue weighted by molar-refractivity contribution is -0.137. The van der Waals surface area contributed by atoms with E-state index in [9.17, 15) is 4.79 Å². The Morgan fingerprint density at radius 1 is 1.12 bits per heavy atom. The summed E-state index contributed by atoms with van der Waals surface area (Å²) in [7, 11) is 0. The molecule has 0 saturated heterocycles. The molecule has 1 atom stereocenters. The summed E-state index contributed by atoms with van der Waals surface area (Å²) < 4.78 is 7.33. The van der Waals surface area contributed by atoms with E-state index in [2.05, 4.69) is 72.3 Å². The van der Waals surface area contributed by atoms with Gasteiger partial charge in [0.1, 0.15) is 0 Å². The van der Waals surface area contributed by atoms with Gasteiger partial charge < -0.3 is 9.30 Å². The second-order valence-electron chi connectivity index (χ2n) is 6.41. The number of nitrogens with zero attached hydrogens (tertiary/aromatic N) is 1. The summed E-state index contributed by atoms with van der Waals surface area (Å²) in [5.74, 6) is -0.294. The van der Waals surface area contributed by atoms with Crippen LogP contribution in [-0.2, 0) is 9.53 Å². The summed E-state index contributed by atoms with van der Waals surface area (Å²) in [6.07, 6.45) is 4.73. The van der Waals surface area contributed by atoms with E-state index >= 15 is 0 Å². The van der Waals surface area contributed by atoms with Crippen LogP contribution in [0.4, 0.5) is 0 Å². The Labute approximate surface area is 154 Å². The van der Waals surface area contributed by atoms with Crippen LogP contribution in [0.1, 0.15) is 44.4 Å². The number of rotatable bonds is 6. The van der Waals surface area contributed by atoms with Gasteiger partial charge in [0, 0.05) is 23.2 Å². The van der Waals surface area contributed by atoms with Crippen molar-refractivity contribution in [2.45, 2.75) is 33.2 Å². The highest BCUT2D eigenvalue weighted by Gasteiger charge is 2.14. The Hall–Kier alpha value is -2.81. The molecule has 3 nitrogen and oxygen atoms in total. The molecule has 1 aromatic heterocycles. The zero-order valence-electron chi connectivity index (χ0n) is 15.6. The maximum atomic E-state index is 11.7. The Morgan fingerprint density at radius 2 is 1.88 bits per heavy atom. The minimum absolute atomic E-state index is 0.294. The van der Waals surface area contributed by atoms with E-state index in [-0.39, 0.29) is 5.97 Å². The normalized spacial score (nSPS) is 13.0. The van der Waals surface area contributed by atoms with Crippen LogP contribution in [0.5, 0.6) is 0 Å². The maximum Gasteiger partial charge on any atom is 0.331 e. The molecule has 3 rings (SSSR count). The quantitative estimate of drug-likeness (QED) is 0.429. The zero-order valence-corrected chi connectivity index (χ0v) is 15.6. The molecule has 0 aliphatic rings. The summed E-state index contributed by atoms with van der Waals surface area (Å²) in [5, 5.41) is 1.17. The first kappa shape index (κ1) is 18.0. The number of hydrogen-bond acceptors (Lipinski definition) is 2. The molecule has 0 saturated carbocycles. The molecule has 134 valence electrons. The van der Waals surface area contributed by atoms with E-state index in [0.29, 0.717) is 12.6 Å². The lowest BCUT2D eigenvalue weighted by Gasteiger charge is -2.19. The van der Waals surface area contributed by atoms with Crippen molar-refractivity contribution in [3.05, 3.63) is 78.0 Å². The van der Waals surface area contributed by atoms with Gasteiger partial charge in [-0.2, -0.15) is 0 Å². The van der Waals surface area contributed by atoms with Gasteiger partial charge in [-0.1, -0.05) is 43.3 Å². The third kappa shape index (κ3) is 3.72.